The van der Waals surface area contributed by atoms with E-state index in [-0.39, 0.29) is 18.1 Å². The van der Waals surface area contributed by atoms with Crippen LogP contribution in [0.3, 0.4) is 0 Å². The van der Waals surface area contributed by atoms with Gasteiger partial charge in [-0.25, -0.2) is 9.78 Å². The molecule has 0 unspecified atom stereocenters. The lowest BCUT2D eigenvalue weighted by molar-refractivity contribution is 0.188. The predicted octanol–water partition coefficient (Wildman–Crippen LogP) is 3.48. The molecule has 7 heteroatoms. The fourth-order valence-electron chi connectivity index (χ4n) is 3.34. The van der Waals surface area contributed by atoms with Crippen molar-refractivity contribution in [3.05, 3.63) is 33.5 Å². The summed E-state index contributed by atoms with van der Waals surface area (Å²) in [5.41, 5.74) is 3.21. The highest BCUT2D eigenvalue weighted by atomic mass is 32.1. The van der Waals surface area contributed by atoms with Crippen LogP contribution in [0, 0.1) is 13.8 Å². The molecule has 1 saturated heterocycles. The van der Waals surface area contributed by atoms with Crippen molar-refractivity contribution in [3.63, 3.8) is 0 Å². The van der Waals surface area contributed by atoms with E-state index in [1.165, 1.54) is 5.56 Å². The number of nitrogens with one attached hydrogen (secondary N) is 2. The average molecular weight is 333 g/mol. The molecule has 0 aliphatic carbocycles. The third-order valence-corrected chi connectivity index (χ3v) is 5.38. The van der Waals surface area contributed by atoms with Crippen molar-refractivity contribution >= 4 is 17.4 Å². The molecule has 0 bridgehead atoms. The van der Waals surface area contributed by atoms with Crippen LogP contribution < -0.4 is 5.32 Å². The van der Waals surface area contributed by atoms with Crippen LogP contribution in [0.2, 0.25) is 0 Å². The monoisotopic (exact) mass is 333 g/mol. The molecule has 1 aliphatic rings. The second-order valence-electron chi connectivity index (χ2n) is 5.98. The SMILES string of the molecule is CC[C@H](NC(=O)N1CCC[C@@H]1c1c(C)n[nH]c1C)c1nccs1. The lowest BCUT2D eigenvalue weighted by Gasteiger charge is -2.27. The Morgan fingerprint density at radius 1 is 1.57 bits per heavy atom. The molecule has 0 radical (unpaired) electrons. The highest BCUT2D eigenvalue weighted by Crippen LogP contribution is 2.35. The first-order valence-electron chi connectivity index (χ1n) is 8.09. The number of aromatic nitrogens is 3. The third kappa shape index (κ3) is 3.10. The highest BCUT2D eigenvalue weighted by molar-refractivity contribution is 7.09. The van der Waals surface area contributed by atoms with Gasteiger partial charge in [0.05, 0.1) is 17.8 Å². The molecule has 2 amide bonds. The summed E-state index contributed by atoms with van der Waals surface area (Å²) in [6, 6.07) is 0.0902. The van der Waals surface area contributed by atoms with Gasteiger partial charge in [-0.05, 0) is 33.1 Å². The number of carbonyl (C=O) groups is 1. The van der Waals surface area contributed by atoms with E-state index in [2.05, 4.69) is 27.4 Å². The van der Waals surface area contributed by atoms with E-state index < -0.39 is 0 Å². The Morgan fingerprint density at radius 2 is 2.39 bits per heavy atom. The van der Waals surface area contributed by atoms with E-state index in [9.17, 15) is 4.79 Å². The van der Waals surface area contributed by atoms with Crippen LogP contribution in [0.1, 0.15) is 60.2 Å². The summed E-state index contributed by atoms with van der Waals surface area (Å²) in [6.45, 7) is 6.87. The fraction of sp³-hybridized carbons (Fsp3) is 0.562. The molecule has 23 heavy (non-hydrogen) atoms. The number of carbonyl (C=O) groups excluding carboxylic acids is 1. The number of hydrogen-bond donors (Lipinski definition) is 2. The molecule has 2 aromatic rings. The molecule has 6 nitrogen and oxygen atoms in total. The van der Waals surface area contributed by atoms with E-state index in [0.717, 1.165) is 42.2 Å². The van der Waals surface area contributed by atoms with Gasteiger partial charge in [-0.2, -0.15) is 5.10 Å². The number of urea groups is 1. The quantitative estimate of drug-likeness (QED) is 0.899. The zero-order chi connectivity index (χ0) is 16.4. The molecule has 1 fully saturated rings. The summed E-state index contributed by atoms with van der Waals surface area (Å²) in [7, 11) is 0. The smallest absolute Gasteiger partial charge is 0.318 e. The van der Waals surface area contributed by atoms with E-state index >= 15 is 0 Å². The molecule has 2 N–H and O–H groups in total. The number of aryl methyl sites for hydroxylation is 2. The zero-order valence-electron chi connectivity index (χ0n) is 13.8. The minimum Gasteiger partial charge on any atom is -0.329 e. The topological polar surface area (TPSA) is 73.9 Å². The third-order valence-electron chi connectivity index (χ3n) is 4.49. The summed E-state index contributed by atoms with van der Waals surface area (Å²) >= 11 is 1.58. The van der Waals surface area contributed by atoms with Gasteiger partial charge < -0.3 is 10.2 Å². The maximum Gasteiger partial charge on any atom is 0.318 e. The van der Waals surface area contributed by atoms with Crippen LogP contribution in [0.25, 0.3) is 0 Å². The summed E-state index contributed by atoms with van der Waals surface area (Å²) in [4.78, 5) is 19.1. The predicted molar refractivity (Wildman–Crippen MR) is 90.4 cm³/mol. The van der Waals surface area contributed by atoms with Crippen LogP contribution in [-0.2, 0) is 0 Å². The van der Waals surface area contributed by atoms with Gasteiger partial charge in [-0.1, -0.05) is 6.92 Å². The maximum atomic E-state index is 12.8. The van der Waals surface area contributed by atoms with Crippen molar-refractivity contribution < 1.29 is 4.79 Å². The molecule has 0 aromatic carbocycles. The number of rotatable bonds is 4. The minimum atomic E-state index is -0.0182. The molecule has 3 rings (SSSR count). The number of aromatic amines is 1. The van der Waals surface area contributed by atoms with E-state index in [4.69, 9.17) is 0 Å². The Labute approximate surface area is 140 Å². The first-order valence-corrected chi connectivity index (χ1v) is 8.97. The van der Waals surface area contributed by atoms with Crippen molar-refractivity contribution in [3.8, 4) is 0 Å². The second-order valence-corrected chi connectivity index (χ2v) is 6.91. The molecule has 0 spiro atoms. The largest absolute Gasteiger partial charge is 0.329 e. The molecule has 124 valence electrons. The van der Waals surface area contributed by atoms with Crippen molar-refractivity contribution in [2.45, 2.75) is 52.1 Å². The second kappa shape index (κ2) is 6.70. The Balaban J connectivity index is 1.76. The lowest BCUT2D eigenvalue weighted by atomic mass is 10.0. The average Bonchev–Trinajstić information content (AvgIpc) is 3.26. The highest BCUT2D eigenvalue weighted by Gasteiger charge is 2.33. The first-order chi connectivity index (χ1) is 11.1. The van der Waals surface area contributed by atoms with Gasteiger partial charge in [0.15, 0.2) is 0 Å². The van der Waals surface area contributed by atoms with Crippen LogP contribution >= 0.6 is 11.3 Å². The van der Waals surface area contributed by atoms with Crippen molar-refractivity contribution in [1.29, 1.82) is 0 Å². The van der Waals surface area contributed by atoms with Crippen molar-refractivity contribution in [2.24, 2.45) is 0 Å². The number of thiazole rings is 1. The fourth-order valence-corrected chi connectivity index (χ4v) is 4.11. The normalized spacial score (nSPS) is 19.1. The van der Waals surface area contributed by atoms with E-state index in [1.807, 2.05) is 24.1 Å². The summed E-state index contributed by atoms with van der Waals surface area (Å²) < 4.78 is 0. The number of amides is 2. The molecule has 3 heterocycles. The Morgan fingerprint density at radius 3 is 3.00 bits per heavy atom. The number of nitrogens with zero attached hydrogens (tertiary/aromatic N) is 3. The summed E-state index contributed by atoms with van der Waals surface area (Å²) in [5.74, 6) is 0. The summed E-state index contributed by atoms with van der Waals surface area (Å²) in [5, 5.41) is 13.4. The van der Waals surface area contributed by atoms with Crippen LogP contribution in [0.15, 0.2) is 11.6 Å². The van der Waals surface area contributed by atoms with Gasteiger partial charge in [-0.15, -0.1) is 11.3 Å². The van der Waals surface area contributed by atoms with Gasteiger partial charge in [-0.3, -0.25) is 5.10 Å². The molecule has 2 aromatic heterocycles. The first kappa shape index (κ1) is 16.0. The number of hydrogen-bond acceptors (Lipinski definition) is 4. The number of H-pyrrole nitrogens is 1. The standard InChI is InChI=1S/C16H23N5OS/c1-4-12(15-17-7-9-23-15)18-16(22)21-8-5-6-13(21)14-10(2)19-20-11(14)3/h7,9,12-13H,4-6,8H2,1-3H3,(H,18,22)(H,19,20)/t12-,13+/m0/s1. The molecule has 2 atom stereocenters. The lowest BCUT2D eigenvalue weighted by Crippen LogP contribution is -2.41. The van der Waals surface area contributed by atoms with Crippen LogP contribution in [-0.4, -0.2) is 32.7 Å². The molecular weight excluding hydrogens is 310 g/mol. The van der Waals surface area contributed by atoms with Gasteiger partial charge in [0, 0.05) is 29.4 Å². The Hall–Kier alpha value is -1.89. The van der Waals surface area contributed by atoms with Gasteiger partial charge >= 0.3 is 6.03 Å². The van der Waals surface area contributed by atoms with Gasteiger partial charge in [0.25, 0.3) is 0 Å². The molecular formula is C16H23N5OS. The Bertz CT molecular complexity index is 647. The molecule has 1 aliphatic heterocycles. The summed E-state index contributed by atoms with van der Waals surface area (Å²) in [6.07, 6.45) is 4.63. The molecule has 0 saturated carbocycles. The van der Waals surface area contributed by atoms with Crippen LogP contribution in [0.5, 0.6) is 0 Å². The zero-order valence-corrected chi connectivity index (χ0v) is 14.6. The number of likely N-dealkylation sites (tertiary alicyclic amines) is 1. The Kier molecular flexibility index (Phi) is 4.66. The van der Waals surface area contributed by atoms with Crippen molar-refractivity contribution in [2.75, 3.05) is 6.54 Å². The van der Waals surface area contributed by atoms with Gasteiger partial charge in [0.1, 0.15) is 5.01 Å². The van der Waals surface area contributed by atoms with E-state index in [1.54, 1.807) is 17.5 Å². The van der Waals surface area contributed by atoms with E-state index in [0.29, 0.717) is 0 Å². The minimum absolute atomic E-state index is 0.00505. The van der Waals surface area contributed by atoms with Crippen LogP contribution in [0.4, 0.5) is 4.79 Å². The van der Waals surface area contributed by atoms with Gasteiger partial charge in [0.2, 0.25) is 0 Å². The van der Waals surface area contributed by atoms with Crippen molar-refractivity contribution in [1.82, 2.24) is 25.4 Å². The maximum absolute atomic E-state index is 12.8.